The van der Waals surface area contributed by atoms with E-state index in [0.29, 0.717) is 13.1 Å². The number of ketones is 1. The summed E-state index contributed by atoms with van der Waals surface area (Å²) in [6.45, 7) is 4.04. The Bertz CT molecular complexity index is 653. The van der Waals surface area contributed by atoms with Gasteiger partial charge in [0.15, 0.2) is 5.78 Å². The highest BCUT2D eigenvalue weighted by atomic mass is 35.5. The number of guanidine groups is 1. The molecule has 0 aromatic carbocycles. The first kappa shape index (κ1) is 21.6. The summed E-state index contributed by atoms with van der Waals surface area (Å²) in [6, 6.07) is 0. The molecule has 0 radical (unpaired) electrons. The van der Waals surface area contributed by atoms with E-state index < -0.39 is 14.0 Å². The Labute approximate surface area is 147 Å². The summed E-state index contributed by atoms with van der Waals surface area (Å²) in [5.74, 6) is 0.0748. The molecule has 2 bridgehead atoms. The summed E-state index contributed by atoms with van der Waals surface area (Å²) < 4.78 is 22.6. The Morgan fingerprint density at radius 3 is 1.87 bits per heavy atom. The minimum atomic E-state index is -3.36. The third-order valence-corrected chi connectivity index (χ3v) is 5.43. The minimum absolute atomic E-state index is 0. The van der Waals surface area contributed by atoms with E-state index in [2.05, 4.69) is 9.94 Å². The van der Waals surface area contributed by atoms with Crippen molar-refractivity contribution in [3.63, 3.8) is 0 Å². The number of fused-ring (bicyclic) bond motifs is 2. The molecule has 0 saturated carbocycles. The van der Waals surface area contributed by atoms with Crippen LogP contribution in [0.2, 0.25) is 0 Å². The lowest BCUT2D eigenvalue weighted by atomic mass is 10.2. The molecule has 130 valence electrons. The van der Waals surface area contributed by atoms with Crippen molar-refractivity contribution in [1.29, 1.82) is 0 Å². The average molecular weight is 384 g/mol. The summed E-state index contributed by atoms with van der Waals surface area (Å²) in [5.41, 5.74) is 7.00. The van der Waals surface area contributed by atoms with Gasteiger partial charge in [-0.25, -0.2) is 0 Å². The number of rotatable bonds is 4. The molecule has 2 aliphatic rings. The van der Waals surface area contributed by atoms with E-state index >= 15 is 0 Å². The molecule has 0 atom stereocenters. The van der Waals surface area contributed by atoms with E-state index in [-0.39, 0.29) is 24.1 Å². The predicted octanol–water partition coefficient (Wildman–Crippen LogP) is 1.19. The zero-order chi connectivity index (χ0) is 17.0. The minimum Gasteiger partial charge on any atom is -0.364 e. The lowest BCUT2D eigenvalue weighted by Gasteiger charge is -2.26. The molecule has 10 heteroatoms. The molecule has 0 spiro atoms. The number of hydrogen-bond acceptors (Lipinski definition) is 4. The average Bonchev–Trinajstić information content (AvgIpc) is 3.01. The van der Waals surface area contributed by atoms with Crippen molar-refractivity contribution < 1.29 is 17.2 Å². The first-order valence-corrected chi connectivity index (χ1v) is 8.87. The highest BCUT2D eigenvalue weighted by Crippen LogP contribution is 2.23. The predicted molar refractivity (Wildman–Crippen MR) is 94.4 cm³/mol. The Balaban J connectivity index is 0.000000450. The van der Waals surface area contributed by atoms with Crippen molar-refractivity contribution in [3.05, 3.63) is 35.5 Å². The van der Waals surface area contributed by atoms with Crippen molar-refractivity contribution in [3.8, 4) is 0 Å². The van der Waals surface area contributed by atoms with Gasteiger partial charge < -0.3 is 5.73 Å². The van der Waals surface area contributed by atoms with E-state index in [1.807, 2.05) is 24.3 Å². The van der Waals surface area contributed by atoms with Crippen LogP contribution in [0.25, 0.3) is 0 Å². The molecule has 0 unspecified atom stereocenters. The number of allylic oxidation sites excluding steroid dienone is 6. The van der Waals surface area contributed by atoms with Crippen LogP contribution in [-0.4, -0.2) is 43.5 Å². The zero-order valence-corrected chi connectivity index (χ0v) is 15.5. The summed E-state index contributed by atoms with van der Waals surface area (Å²) in [6.07, 6.45) is 8.50. The summed E-state index contributed by atoms with van der Waals surface area (Å²) in [5, 5.41) is 3.84. The second-order valence-electron chi connectivity index (χ2n) is 4.70. The van der Waals surface area contributed by atoms with E-state index in [9.17, 15) is 13.2 Å². The maximum absolute atomic E-state index is 11.5. The van der Waals surface area contributed by atoms with Gasteiger partial charge in [0.25, 0.3) is 5.96 Å². The van der Waals surface area contributed by atoms with Crippen molar-refractivity contribution >= 4 is 45.9 Å². The van der Waals surface area contributed by atoms with Gasteiger partial charge >= 0.3 is 10.0 Å². The first-order chi connectivity index (χ1) is 10.2. The Hall–Kier alpha value is -1.35. The van der Waals surface area contributed by atoms with Gasteiger partial charge in [-0.2, -0.15) is 8.42 Å². The van der Waals surface area contributed by atoms with Gasteiger partial charge in [0.1, 0.15) is 13.1 Å². The van der Waals surface area contributed by atoms with E-state index in [4.69, 9.17) is 17.5 Å². The molecule has 0 saturated heterocycles. The molecule has 0 amide bonds. The van der Waals surface area contributed by atoms with Crippen molar-refractivity contribution in [2.24, 2.45) is 10.8 Å². The molecule has 0 heterocycles. The largest absolute Gasteiger partial charge is 0.364 e. The topological polar surface area (TPSA) is 102 Å². The molecule has 3 N–H and O–H groups in total. The van der Waals surface area contributed by atoms with Crippen LogP contribution >= 0.6 is 24.2 Å². The smallest absolute Gasteiger partial charge is 0.318 e. The number of nitrogens with zero attached hydrogens (tertiary/aromatic N) is 2. The molecular weight excluding hydrogens is 363 g/mol. The van der Waals surface area contributed by atoms with Crippen molar-refractivity contribution in [1.82, 2.24) is 4.84 Å². The molecule has 7 nitrogen and oxygen atoms in total. The lowest BCUT2D eigenvalue weighted by molar-refractivity contribution is -0.808. The van der Waals surface area contributed by atoms with Gasteiger partial charge in [0.2, 0.25) is 0 Å². The van der Waals surface area contributed by atoms with Gasteiger partial charge in [-0.3, -0.25) is 9.63 Å². The second kappa shape index (κ2) is 8.49. The van der Waals surface area contributed by atoms with E-state index in [1.54, 1.807) is 13.8 Å². The molecule has 0 aromatic rings. The van der Waals surface area contributed by atoms with Gasteiger partial charge in [-0.15, -0.1) is 12.4 Å². The van der Waals surface area contributed by atoms with E-state index in [1.165, 1.54) is 0 Å². The van der Waals surface area contributed by atoms with Gasteiger partial charge in [0, 0.05) is 22.9 Å². The van der Waals surface area contributed by atoms with Crippen LogP contribution in [0.5, 0.6) is 0 Å². The number of hydrogen-bond donors (Lipinski definition) is 2. The Morgan fingerprint density at radius 2 is 1.70 bits per heavy atom. The van der Waals surface area contributed by atoms with Crippen LogP contribution in [-0.2, 0) is 14.8 Å². The van der Waals surface area contributed by atoms with Gasteiger partial charge in [0.05, 0.1) is 6.26 Å². The fraction of sp³-hybridized carbons (Fsp3) is 0.385. The van der Waals surface area contributed by atoms with Crippen LogP contribution in [0.3, 0.4) is 0 Å². The Morgan fingerprint density at radius 1 is 1.26 bits per heavy atom. The maximum Gasteiger partial charge on any atom is 0.318 e. The number of carbonyl (C=O) groups excluding carboxylic acids is 1. The van der Waals surface area contributed by atoms with Crippen LogP contribution in [0.4, 0.5) is 0 Å². The van der Waals surface area contributed by atoms with Gasteiger partial charge in [-0.05, 0) is 18.9 Å². The highest BCUT2D eigenvalue weighted by molar-refractivity contribution is 7.85. The van der Waals surface area contributed by atoms with Gasteiger partial charge in [-0.1, -0.05) is 28.3 Å². The number of nitrogens with two attached hydrogens (primary N) is 1. The number of nitrogens with one attached hydrogen (secondary N) is 1. The molecular formula is C13H21Cl2N4O3S+. The van der Waals surface area contributed by atoms with Crippen LogP contribution < -0.4 is 10.6 Å². The van der Waals surface area contributed by atoms with Crippen molar-refractivity contribution in [2.45, 2.75) is 13.8 Å². The fourth-order valence-electron chi connectivity index (χ4n) is 2.06. The van der Waals surface area contributed by atoms with Crippen molar-refractivity contribution in [2.75, 3.05) is 19.3 Å². The number of Topliss-reactive ketones (excluding diaryl/α,β-unsaturated/α-hetero) is 1. The summed E-state index contributed by atoms with van der Waals surface area (Å²) >= 11 is 5.21. The molecule has 2 rings (SSSR count). The number of carbonyl (C=O) groups is 1. The maximum atomic E-state index is 11.5. The zero-order valence-electron chi connectivity index (χ0n) is 13.1. The normalized spacial score (nSPS) is 16.2. The molecule has 2 aliphatic carbocycles. The Kier molecular flexibility index (Phi) is 7.99. The third-order valence-electron chi connectivity index (χ3n) is 3.40. The molecule has 0 aromatic heterocycles. The summed E-state index contributed by atoms with van der Waals surface area (Å²) in [7, 11) is -3.36. The third kappa shape index (κ3) is 4.81. The molecule has 0 aliphatic heterocycles. The number of quaternary nitrogens is 1. The number of halogens is 2. The highest BCUT2D eigenvalue weighted by Gasteiger charge is 2.36. The molecule has 23 heavy (non-hydrogen) atoms. The van der Waals surface area contributed by atoms with E-state index in [0.717, 1.165) is 17.4 Å². The lowest BCUT2D eigenvalue weighted by Crippen LogP contribution is -2.49. The van der Waals surface area contributed by atoms with Crippen LogP contribution in [0.1, 0.15) is 13.8 Å². The van der Waals surface area contributed by atoms with Crippen LogP contribution in [0, 0.1) is 0 Å². The standard InChI is InChI=1S/C7H4O.C6H16ClN4O2S.ClH/c8-7-5-1-2-6(7)4-3-5;1-4-11(5-2,14(3,12)13)10-6(8)9-7;/h1-4H;4-5H2,1-3H3,(H3,8,9,10);1H/q;+1;. The molecule has 0 fully saturated rings. The quantitative estimate of drug-likeness (QED) is 0.249. The number of sulfonamides is 1. The fourth-order valence-corrected chi connectivity index (χ4v) is 3.28. The second-order valence-corrected chi connectivity index (χ2v) is 7.03. The monoisotopic (exact) mass is 383 g/mol. The first-order valence-electron chi connectivity index (χ1n) is 6.65. The van der Waals surface area contributed by atoms with Crippen LogP contribution in [0.15, 0.2) is 40.6 Å². The summed E-state index contributed by atoms with van der Waals surface area (Å²) in [4.78, 5) is 12.8. The SMILES string of the molecule is CC[N+](CC)(/N=C(/N)NCl)S(C)(=O)=O.Cl.O=C1C2=CC=C1C=C2.